The van der Waals surface area contributed by atoms with Crippen LogP contribution in [-0.2, 0) is 6.42 Å². The zero-order chi connectivity index (χ0) is 15.6. The van der Waals surface area contributed by atoms with Crippen LogP contribution >= 0.6 is 15.9 Å². The van der Waals surface area contributed by atoms with E-state index < -0.39 is 11.6 Å². The van der Waals surface area contributed by atoms with Gasteiger partial charge in [0.25, 0.3) is 0 Å². The van der Waals surface area contributed by atoms with E-state index in [9.17, 15) is 13.2 Å². The molecule has 0 saturated carbocycles. The second-order valence-corrected chi connectivity index (χ2v) is 5.78. The van der Waals surface area contributed by atoms with Gasteiger partial charge in [-0.3, -0.25) is 0 Å². The second-order valence-electron chi connectivity index (χ2n) is 4.93. The van der Waals surface area contributed by atoms with Crippen LogP contribution in [0.4, 0.5) is 13.2 Å². The second kappa shape index (κ2) is 6.62. The maximum absolute atomic E-state index is 14.0. The summed E-state index contributed by atoms with van der Waals surface area (Å²) in [6, 6.07) is 6.76. The molecule has 21 heavy (non-hydrogen) atoms. The van der Waals surface area contributed by atoms with Gasteiger partial charge >= 0.3 is 0 Å². The number of hydrogen-bond acceptors (Lipinski definition) is 1. The largest absolute Gasteiger partial charge is 0.313 e. The molecule has 0 aliphatic heterocycles. The molecule has 1 unspecified atom stereocenters. The molecule has 0 saturated heterocycles. The van der Waals surface area contributed by atoms with Crippen molar-refractivity contribution in [3.8, 4) is 0 Å². The lowest BCUT2D eigenvalue weighted by Crippen LogP contribution is -2.20. The fourth-order valence-corrected chi connectivity index (χ4v) is 2.68. The fourth-order valence-electron chi connectivity index (χ4n) is 2.31. The highest BCUT2D eigenvalue weighted by molar-refractivity contribution is 9.10. The first-order valence-corrected chi connectivity index (χ1v) is 7.28. The molecule has 1 N–H and O–H groups in total. The summed E-state index contributed by atoms with van der Waals surface area (Å²) in [5.41, 5.74) is 1.40. The minimum atomic E-state index is -0.622. The number of benzene rings is 2. The molecule has 1 atom stereocenters. The molecule has 2 aromatic rings. The summed E-state index contributed by atoms with van der Waals surface area (Å²) in [5, 5.41) is 2.98. The Bertz CT molecular complexity index is 638. The molecule has 0 radical (unpaired) electrons. The number of rotatable bonds is 4. The lowest BCUT2D eigenvalue weighted by Gasteiger charge is -2.18. The first-order chi connectivity index (χ1) is 9.92. The molecule has 0 spiro atoms. The Morgan fingerprint density at radius 2 is 1.86 bits per heavy atom. The van der Waals surface area contributed by atoms with Crippen LogP contribution in [0.25, 0.3) is 0 Å². The van der Waals surface area contributed by atoms with E-state index in [4.69, 9.17) is 0 Å². The van der Waals surface area contributed by atoms with Crippen molar-refractivity contribution >= 4 is 15.9 Å². The summed E-state index contributed by atoms with van der Waals surface area (Å²) in [6.45, 7) is 1.78. The molecule has 2 rings (SSSR count). The summed E-state index contributed by atoms with van der Waals surface area (Å²) in [6.07, 6.45) is 0.0938. The number of aryl methyl sites for hydroxylation is 1. The average Bonchev–Trinajstić information content (AvgIpc) is 2.42. The molecular formula is C16H15BrF3N. The lowest BCUT2D eigenvalue weighted by molar-refractivity contribution is 0.510. The van der Waals surface area contributed by atoms with Crippen molar-refractivity contribution in [1.82, 2.24) is 5.32 Å². The zero-order valence-corrected chi connectivity index (χ0v) is 13.3. The van der Waals surface area contributed by atoms with Gasteiger partial charge in [0.2, 0.25) is 0 Å². The molecule has 5 heteroatoms. The van der Waals surface area contributed by atoms with E-state index in [2.05, 4.69) is 21.2 Å². The van der Waals surface area contributed by atoms with Crippen molar-refractivity contribution in [2.24, 2.45) is 0 Å². The molecule has 0 heterocycles. The standard InChI is InChI=1S/C16H15BrF3N/c1-9-5-10(7-11(18)6-9)15(21-2)8-12-14(19)4-3-13(17)16(12)20/h3-7,15,21H,8H2,1-2H3. The van der Waals surface area contributed by atoms with E-state index in [0.717, 1.165) is 5.56 Å². The molecular weight excluding hydrogens is 343 g/mol. The van der Waals surface area contributed by atoms with Crippen LogP contribution in [0.3, 0.4) is 0 Å². The van der Waals surface area contributed by atoms with Gasteiger partial charge in [-0.05, 0) is 71.7 Å². The third-order valence-corrected chi connectivity index (χ3v) is 3.97. The highest BCUT2D eigenvalue weighted by Gasteiger charge is 2.18. The fraction of sp³-hybridized carbons (Fsp3) is 0.250. The smallest absolute Gasteiger partial charge is 0.143 e. The Labute approximate surface area is 130 Å². The van der Waals surface area contributed by atoms with Gasteiger partial charge < -0.3 is 5.32 Å². The third-order valence-electron chi connectivity index (χ3n) is 3.36. The topological polar surface area (TPSA) is 12.0 Å². The first-order valence-electron chi connectivity index (χ1n) is 6.49. The summed E-state index contributed by atoms with van der Waals surface area (Å²) in [4.78, 5) is 0. The Morgan fingerprint density at radius 3 is 2.48 bits per heavy atom. The number of halogens is 4. The summed E-state index contributed by atoms with van der Waals surface area (Å²) >= 11 is 3.05. The minimum Gasteiger partial charge on any atom is -0.313 e. The van der Waals surface area contributed by atoms with Crippen LogP contribution in [0, 0.1) is 24.4 Å². The lowest BCUT2D eigenvalue weighted by atomic mass is 9.97. The average molecular weight is 358 g/mol. The minimum absolute atomic E-state index is 0.0226. The van der Waals surface area contributed by atoms with Crippen molar-refractivity contribution < 1.29 is 13.2 Å². The number of likely N-dealkylation sites (N-methyl/N-ethyl adjacent to an activating group) is 1. The molecule has 0 bridgehead atoms. The van der Waals surface area contributed by atoms with Crippen LogP contribution in [0.15, 0.2) is 34.8 Å². The normalized spacial score (nSPS) is 12.5. The van der Waals surface area contributed by atoms with E-state index in [1.807, 2.05) is 0 Å². The number of nitrogens with one attached hydrogen (secondary N) is 1. The molecule has 0 aromatic heterocycles. The van der Waals surface area contributed by atoms with E-state index in [0.29, 0.717) is 5.56 Å². The van der Waals surface area contributed by atoms with Crippen LogP contribution in [0.5, 0.6) is 0 Å². The first kappa shape index (κ1) is 16.0. The molecule has 112 valence electrons. The predicted molar refractivity (Wildman–Crippen MR) is 80.7 cm³/mol. The number of hydrogen-bond donors (Lipinski definition) is 1. The maximum Gasteiger partial charge on any atom is 0.143 e. The zero-order valence-electron chi connectivity index (χ0n) is 11.7. The Hall–Kier alpha value is -1.33. The van der Waals surface area contributed by atoms with Crippen molar-refractivity contribution in [1.29, 1.82) is 0 Å². The van der Waals surface area contributed by atoms with Gasteiger partial charge in [-0.25, -0.2) is 13.2 Å². The summed E-state index contributed by atoms with van der Waals surface area (Å²) < 4.78 is 41.6. The van der Waals surface area contributed by atoms with Crippen LogP contribution in [0.1, 0.15) is 22.7 Å². The summed E-state index contributed by atoms with van der Waals surface area (Å²) in [5.74, 6) is -1.59. The van der Waals surface area contributed by atoms with Gasteiger partial charge in [-0.2, -0.15) is 0 Å². The molecule has 0 aliphatic rings. The van der Waals surface area contributed by atoms with Gasteiger partial charge in [0, 0.05) is 11.6 Å². The van der Waals surface area contributed by atoms with Gasteiger partial charge in [0.15, 0.2) is 0 Å². The van der Waals surface area contributed by atoms with Crippen molar-refractivity contribution in [3.63, 3.8) is 0 Å². The van der Waals surface area contributed by atoms with Gasteiger partial charge in [0.05, 0.1) is 4.47 Å². The SMILES string of the molecule is CNC(Cc1c(F)ccc(Br)c1F)c1cc(C)cc(F)c1. The molecule has 1 nitrogen and oxygen atoms in total. The van der Waals surface area contributed by atoms with E-state index in [1.165, 1.54) is 24.3 Å². The van der Waals surface area contributed by atoms with Crippen LogP contribution < -0.4 is 5.32 Å². The van der Waals surface area contributed by atoms with Crippen LogP contribution in [-0.4, -0.2) is 7.05 Å². The van der Waals surface area contributed by atoms with E-state index in [-0.39, 0.29) is 28.3 Å². The van der Waals surface area contributed by atoms with Crippen LogP contribution in [0.2, 0.25) is 0 Å². The highest BCUT2D eigenvalue weighted by Crippen LogP contribution is 2.27. The molecule has 2 aromatic carbocycles. The van der Waals surface area contributed by atoms with E-state index >= 15 is 0 Å². The summed E-state index contributed by atoms with van der Waals surface area (Å²) in [7, 11) is 1.68. The molecule has 0 amide bonds. The Morgan fingerprint density at radius 1 is 1.14 bits per heavy atom. The van der Waals surface area contributed by atoms with Gasteiger partial charge in [-0.15, -0.1) is 0 Å². The Kier molecular flexibility index (Phi) is 5.06. The third kappa shape index (κ3) is 3.66. The van der Waals surface area contributed by atoms with Gasteiger partial charge in [-0.1, -0.05) is 6.07 Å². The molecule has 0 fully saturated rings. The predicted octanol–water partition coefficient (Wildman–Crippen LogP) is 4.68. The van der Waals surface area contributed by atoms with Crippen molar-refractivity contribution in [2.75, 3.05) is 7.05 Å². The maximum atomic E-state index is 14.0. The van der Waals surface area contributed by atoms with Crippen molar-refractivity contribution in [2.45, 2.75) is 19.4 Å². The monoisotopic (exact) mass is 357 g/mol. The van der Waals surface area contributed by atoms with Crippen molar-refractivity contribution in [3.05, 3.63) is 68.9 Å². The Balaban J connectivity index is 2.38. The van der Waals surface area contributed by atoms with Gasteiger partial charge in [0.1, 0.15) is 17.5 Å². The highest BCUT2D eigenvalue weighted by atomic mass is 79.9. The van der Waals surface area contributed by atoms with E-state index in [1.54, 1.807) is 20.0 Å². The molecule has 0 aliphatic carbocycles. The quantitative estimate of drug-likeness (QED) is 0.783.